The fourth-order valence-electron chi connectivity index (χ4n) is 0.833. The van der Waals surface area contributed by atoms with Gasteiger partial charge in [0, 0.05) is 32.7 Å². The van der Waals surface area contributed by atoms with Crippen molar-refractivity contribution in [3.63, 3.8) is 0 Å². The normalized spacial score (nSPS) is 10.7. The SMILES string of the molecule is [CH2-]N(C)C([NH-])=NC(=O)c1nc(Cl)c(N)nc1N.[Y]. The van der Waals surface area contributed by atoms with Crippen molar-refractivity contribution in [1.29, 1.82) is 0 Å². The number of guanidine groups is 1. The quantitative estimate of drug-likeness (QED) is 0.434. The number of aliphatic imine (C=N–C) groups is 1. The number of nitrogens with two attached hydrogens (primary N) is 2. The summed E-state index contributed by atoms with van der Waals surface area (Å²) in [5.74, 6) is -1.45. The minimum absolute atomic E-state index is 0. The molecule has 18 heavy (non-hydrogen) atoms. The van der Waals surface area contributed by atoms with E-state index in [1.807, 2.05) is 0 Å². The molecule has 0 aliphatic heterocycles. The molecule has 0 saturated carbocycles. The predicted octanol–water partition coefficient (Wildman–Crippen LogP) is 0.564. The van der Waals surface area contributed by atoms with Crippen molar-refractivity contribution in [2.24, 2.45) is 4.99 Å². The standard InChI is InChI=1S/C8H11ClN7O.Y/c1-16(2)8(12)15-7(17)3-5(10)14-6(11)4(9)13-3;/h1H2,2H3,(H6,10,11,12,14,15,17);/q-1;/p-1. The monoisotopic (exact) mass is 344 g/mol. The van der Waals surface area contributed by atoms with Crippen LogP contribution in [0, 0.1) is 7.05 Å². The molecule has 1 aromatic rings. The Morgan fingerprint density at radius 3 is 2.50 bits per heavy atom. The number of anilines is 2. The Morgan fingerprint density at radius 2 is 2.00 bits per heavy atom. The third-order valence-corrected chi connectivity index (χ3v) is 1.95. The molecule has 0 bridgehead atoms. The van der Waals surface area contributed by atoms with Crippen molar-refractivity contribution < 1.29 is 37.5 Å². The molecule has 0 aromatic carbocycles. The molecule has 0 atom stereocenters. The van der Waals surface area contributed by atoms with Gasteiger partial charge in [0.05, 0.1) is 0 Å². The predicted molar refractivity (Wildman–Crippen MR) is 65.1 cm³/mol. The van der Waals surface area contributed by atoms with Crippen LogP contribution < -0.4 is 11.5 Å². The summed E-state index contributed by atoms with van der Waals surface area (Å²) < 4.78 is 0. The van der Waals surface area contributed by atoms with Crippen LogP contribution in [0.25, 0.3) is 5.73 Å². The van der Waals surface area contributed by atoms with E-state index >= 15 is 0 Å². The topological polar surface area (TPSA) is 134 Å². The van der Waals surface area contributed by atoms with Gasteiger partial charge in [-0.2, -0.15) is 0 Å². The molecule has 10 heteroatoms. The van der Waals surface area contributed by atoms with Gasteiger partial charge in [-0.1, -0.05) is 18.6 Å². The molecule has 0 aliphatic carbocycles. The first kappa shape index (κ1) is 17.0. The number of amides is 1. The van der Waals surface area contributed by atoms with Gasteiger partial charge in [-0.25, -0.2) is 9.97 Å². The first-order chi connectivity index (χ1) is 7.82. The number of rotatable bonds is 1. The summed E-state index contributed by atoms with van der Waals surface area (Å²) >= 11 is 5.60. The van der Waals surface area contributed by atoms with Crippen LogP contribution in [-0.2, 0) is 32.7 Å². The van der Waals surface area contributed by atoms with Gasteiger partial charge in [0.25, 0.3) is 0 Å². The molecular formula is C8H10ClN7OY-2. The third kappa shape index (κ3) is 4.04. The Morgan fingerprint density at radius 1 is 1.44 bits per heavy atom. The summed E-state index contributed by atoms with van der Waals surface area (Å²) in [5.41, 5.74) is 17.9. The molecule has 95 valence electrons. The number of halogens is 1. The van der Waals surface area contributed by atoms with E-state index in [1.54, 1.807) is 0 Å². The third-order valence-electron chi connectivity index (χ3n) is 1.68. The largest absolute Gasteiger partial charge is 0.582 e. The van der Waals surface area contributed by atoms with E-state index in [0.717, 1.165) is 4.90 Å². The van der Waals surface area contributed by atoms with Gasteiger partial charge in [0.1, 0.15) is 0 Å². The van der Waals surface area contributed by atoms with Gasteiger partial charge >= 0.3 is 0 Å². The Labute approximate surface area is 134 Å². The summed E-state index contributed by atoms with van der Waals surface area (Å²) in [6.07, 6.45) is 0. The van der Waals surface area contributed by atoms with Crippen LogP contribution in [0.1, 0.15) is 10.5 Å². The van der Waals surface area contributed by atoms with E-state index in [-0.39, 0.29) is 61.2 Å². The molecule has 0 unspecified atom stereocenters. The van der Waals surface area contributed by atoms with E-state index in [0.29, 0.717) is 0 Å². The molecule has 5 N–H and O–H groups in total. The van der Waals surface area contributed by atoms with Crippen LogP contribution in [0.15, 0.2) is 4.99 Å². The average molecular weight is 345 g/mol. The molecule has 0 spiro atoms. The zero-order valence-corrected chi connectivity index (χ0v) is 13.1. The van der Waals surface area contributed by atoms with Gasteiger partial charge in [-0.15, -0.1) is 0 Å². The number of nitrogens with one attached hydrogen (secondary N) is 1. The van der Waals surface area contributed by atoms with E-state index in [4.69, 9.17) is 28.8 Å². The Kier molecular flexibility index (Phi) is 6.44. The first-order valence-corrected chi connectivity index (χ1v) is 4.68. The van der Waals surface area contributed by atoms with Crippen LogP contribution in [0.4, 0.5) is 11.6 Å². The van der Waals surface area contributed by atoms with Crippen LogP contribution in [-0.4, -0.2) is 33.8 Å². The number of carbonyl (C=O) groups is 1. The molecular weight excluding hydrogens is 334 g/mol. The van der Waals surface area contributed by atoms with Crippen molar-refractivity contribution in [2.75, 3.05) is 18.5 Å². The zero-order valence-electron chi connectivity index (χ0n) is 9.51. The molecule has 0 saturated heterocycles. The molecule has 1 rings (SSSR count). The molecule has 1 radical (unpaired) electrons. The minimum Gasteiger partial charge on any atom is -0.582 e. The van der Waals surface area contributed by atoms with Crippen molar-refractivity contribution in [3.05, 3.63) is 23.6 Å². The Hall–Kier alpha value is -0.986. The number of nitrogens with zero attached hydrogens (tertiary/aromatic N) is 4. The fourth-order valence-corrected chi connectivity index (χ4v) is 0.960. The van der Waals surface area contributed by atoms with Crippen molar-refractivity contribution in [1.82, 2.24) is 14.9 Å². The number of aromatic nitrogens is 2. The second-order valence-corrected chi connectivity index (χ2v) is 3.43. The molecule has 1 amide bonds. The van der Waals surface area contributed by atoms with Crippen molar-refractivity contribution in [3.8, 4) is 0 Å². The average Bonchev–Trinajstić information content (AvgIpc) is 2.22. The fraction of sp³-hybridized carbons (Fsp3) is 0.125. The van der Waals surface area contributed by atoms with E-state index in [2.05, 4.69) is 22.0 Å². The molecule has 8 nitrogen and oxygen atoms in total. The maximum atomic E-state index is 11.6. The van der Waals surface area contributed by atoms with Gasteiger partial charge in [0.15, 0.2) is 22.5 Å². The maximum Gasteiger partial charge on any atom is 0.233 e. The Balaban J connectivity index is 0.00000289. The van der Waals surface area contributed by atoms with Crippen LogP contribution in [0.3, 0.4) is 0 Å². The first-order valence-electron chi connectivity index (χ1n) is 4.30. The number of carbonyl (C=O) groups excluding carboxylic acids is 1. The zero-order chi connectivity index (χ0) is 13.2. The smallest absolute Gasteiger partial charge is 0.233 e. The maximum absolute atomic E-state index is 11.6. The van der Waals surface area contributed by atoms with Gasteiger partial charge in [-0.05, 0) is 5.96 Å². The number of nitrogen functional groups attached to an aromatic ring is 2. The second-order valence-electron chi connectivity index (χ2n) is 3.07. The van der Waals surface area contributed by atoms with Gasteiger partial charge in [0.2, 0.25) is 5.91 Å². The van der Waals surface area contributed by atoms with Crippen LogP contribution >= 0.6 is 11.6 Å². The summed E-state index contributed by atoms with van der Waals surface area (Å²) in [6.45, 7) is 0. The Bertz CT molecular complexity index is 491. The summed E-state index contributed by atoms with van der Waals surface area (Å²) in [7, 11) is 4.85. The van der Waals surface area contributed by atoms with Gasteiger partial charge in [-0.3, -0.25) is 4.79 Å². The minimum atomic E-state index is -0.836. The van der Waals surface area contributed by atoms with Gasteiger partial charge < -0.3 is 34.1 Å². The summed E-state index contributed by atoms with van der Waals surface area (Å²) in [6, 6.07) is 0. The van der Waals surface area contributed by atoms with E-state index in [1.165, 1.54) is 7.05 Å². The number of hydrogen-bond donors (Lipinski definition) is 2. The number of hydrogen-bond acceptors (Lipinski definition) is 5. The van der Waals surface area contributed by atoms with Crippen LogP contribution in [0.2, 0.25) is 5.15 Å². The molecule has 1 aromatic heterocycles. The van der Waals surface area contributed by atoms with E-state index in [9.17, 15) is 4.79 Å². The van der Waals surface area contributed by atoms with Crippen molar-refractivity contribution in [2.45, 2.75) is 0 Å². The summed E-state index contributed by atoms with van der Waals surface area (Å²) in [5, 5.41) is -0.146. The second kappa shape index (κ2) is 6.82. The molecule has 1 heterocycles. The van der Waals surface area contributed by atoms with E-state index < -0.39 is 5.91 Å². The van der Waals surface area contributed by atoms with Crippen LogP contribution in [0.5, 0.6) is 0 Å². The summed E-state index contributed by atoms with van der Waals surface area (Å²) in [4.78, 5) is 23.4. The van der Waals surface area contributed by atoms with Crippen molar-refractivity contribution >= 4 is 35.1 Å². The molecule has 0 aliphatic rings. The molecule has 0 fully saturated rings.